The molecule has 6 aromatic rings. The molecule has 184 valence electrons. The highest BCUT2D eigenvalue weighted by Gasteiger charge is 2.20. The lowest BCUT2D eigenvalue weighted by Gasteiger charge is -2.05. The first-order chi connectivity index (χ1) is 17.9. The van der Waals surface area contributed by atoms with Crippen LogP contribution in [-0.2, 0) is 13.1 Å². The maximum absolute atomic E-state index is 12.2. The Morgan fingerprint density at radius 2 is 1.00 bits per heavy atom. The first kappa shape index (κ1) is 25.0. The molecule has 0 amide bonds. The minimum atomic E-state index is -0.452. The Morgan fingerprint density at radius 1 is 0.649 bits per heavy atom. The fraction of sp³-hybridized carbons (Fsp3) is 0.0714. The van der Waals surface area contributed by atoms with Crippen LogP contribution in [-0.4, -0.2) is 9.13 Å². The summed E-state index contributed by atoms with van der Waals surface area (Å²) in [5, 5.41) is 5.11. The molecule has 6 rings (SSSR count). The van der Waals surface area contributed by atoms with E-state index in [0.717, 1.165) is 31.8 Å². The number of nitrogens with zero attached hydrogens (tertiary/aromatic N) is 2. The molecular weight excluding hydrogens is 572 g/mol. The summed E-state index contributed by atoms with van der Waals surface area (Å²) in [6.45, 7) is 7.21. The summed E-state index contributed by atoms with van der Waals surface area (Å²) in [6.07, 6.45) is 2.90. The molecule has 0 aliphatic heterocycles. The van der Waals surface area contributed by atoms with Gasteiger partial charge >= 0.3 is 0 Å². The molecule has 9 heteroatoms. The fourth-order valence-corrected chi connectivity index (χ4v) is 7.32. The molecule has 0 aliphatic rings. The zero-order chi connectivity index (χ0) is 26.3. The number of fused-ring (bicyclic) bond motifs is 4. The summed E-state index contributed by atoms with van der Waals surface area (Å²) in [5.41, 5.74) is -1.81. The van der Waals surface area contributed by atoms with Gasteiger partial charge in [-0.1, -0.05) is 60.7 Å². The summed E-state index contributed by atoms with van der Waals surface area (Å²) >= 11 is 5.49. The molecule has 0 fully saturated rings. The lowest BCUT2D eigenvalue weighted by molar-refractivity contribution is 0.776. The SMILES string of the molecule is Brc1c2ccccc2cc2ccccc12.C=CCn1c(=O)c2sc3c(=O)n(CC=C)c(=O)c3sc2c1=O. The molecule has 0 radical (unpaired) electrons. The van der Waals surface area contributed by atoms with Crippen LogP contribution in [0.4, 0.5) is 0 Å². The van der Waals surface area contributed by atoms with E-state index in [0.29, 0.717) is 0 Å². The van der Waals surface area contributed by atoms with Crippen molar-refractivity contribution in [3.8, 4) is 0 Å². The van der Waals surface area contributed by atoms with Gasteiger partial charge in [-0.25, -0.2) is 0 Å². The van der Waals surface area contributed by atoms with Crippen molar-refractivity contribution in [1.82, 2.24) is 9.13 Å². The third-order valence-corrected chi connectivity index (χ3v) is 9.35. The Balaban J connectivity index is 0.000000162. The predicted molar refractivity (Wildman–Crippen MR) is 159 cm³/mol. The number of allylic oxidation sites excluding steroid dienone is 2. The van der Waals surface area contributed by atoms with Gasteiger partial charge in [-0.05, 0) is 43.5 Å². The van der Waals surface area contributed by atoms with Crippen molar-refractivity contribution in [3.63, 3.8) is 0 Å². The van der Waals surface area contributed by atoms with Gasteiger partial charge in [-0.3, -0.25) is 28.3 Å². The average molecular weight is 592 g/mol. The third kappa shape index (κ3) is 4.19. The van der Waals surface area contributed by atoms with Crippen LogP contribution in [0.1, 0.15) is 0 Å². The van der Waals surface area contributed by atoms with Crippen molar-refractivity contribution in [1.29, 1.82) is 0 Å². The van der Waals surface area contributed by atoms with Crippen molar-refractivity contribution in [2.75, 3.05) is 0 Å². The summed E-state index contributed by atoms with van der Waals surface area (Å²) in [4.78, 5) is 49.0. The van der Waals surface area contributed by atoms with E-state index in [1.165, 1.54) is 38.2 Å². The van der Waals surface area contributed by atoms with Crippen molar-refractivity contribution in [3.05, 3.63) is 126 Å². The van der Waals surface area contributed by atoms with Gasteiger partial charge in [0.2, 0.25) is 0 Å². The maximum Gasteiger partial charge on any atom is 0.272 e. The van der Waals surface area contributed by atoms with Gasteiger partial charge < -0.3 is 0 Å². The predicted octanol–water partition coefficient (Wildman–Crippen LogP) is 5.73. The molecule has 0 atom stereocenters. The lowest BCUT2D eigenvalue weighted by atomic mass is 10.0. The first-order valence-corrected chi connectivity index (χ1v) is 13.6. The van der Waals surface area contributed by atoms with Crippen molar-refractivity contribution in [2.24, 2.45) is 0 Å². The van der Waals surface area contributed by atoms with Crippen LogP contribution >= 0.6 is 38.6 Å². The molecule has 0 bridgehead atoms. The minimum absolute atomic E-state index is 0.0982. The molecule has 3 aromatic carbocycles. The smallest absolute Gasteiger partial charge is 0.269 e. The zero-order valence-corrected chi connectivity index (χ0v) is 22.6. The van der Waals surface area contributed by atoms with E-state index in [-0.39, 0.29) is 31.9 Å². The number of rotatable bonds is 4. The molecule has 3 heterocycles. The molecule has 0 saturated heterocycles. The van der Waals surface area contributed by atoms with E-state index >= 15 is 0 Å². The highest BCUT2D eigenvalue weighted by molar-refractivity contribution is 9.10. The minimum Gasteiger partial charge on any atom is -0.269 e. The number of aromatic nitrogens is 2. The van der Waals surface area contributed by atoms with E-state index in [9.17, 15) is 19.2 Å². The average Bonchev–Trinajstić information content (AvgIpc) is 3.29. The second kappa shape index (κ2) is 10.0. The van der Waals surface area contributed by atoms with E-state index < -0.39 is 22.2 Å². The van der Waals surface area contributed by atoms with E-state index in [1.807, 2.05) is 0 Å². The summed E-state index contributed by atoms with van der Waals surface area (Å²) in [6, 6.07) is 19.1. The molecule has 0 unspecified atom stereocenters. The van der Waals surface area contributed by atoms with Crippen molar-refractivity contribution in [2.45, 2.75) is 13.1 Å². The second-order valence-electron chi connectivity index (χ2n) is 8.17. The maximum atomic E-state index is 12.2. The zero-order valence-electron chi connectivity index (χ0n) is 19.4. The summed E-state index contributed by atoms with van der Waals surface area (Å²) in [5.74, 6) is 0. The molecule has 0 spiro atoms. The number of halogens is 1. The van der Waals surface area contributed by atoms with Gasteiger partial charge in [-0.2, -0.15) is 0 Å². The van der Waals surface area contributed by atoms with Gasteiger partial charge in [0.05, 0.1) is 0 Å². The monoisotopic (exact) mass is 590 g/mol. The van der Waals surface area contributed by atoms with Crippen molar-refractivity contribution < 1.29 is 0 Å². The highest BCUT2D eigenvalue weighted by Crippen LogP contribution is 2.32. The fourth-order valence-electron chi connectivity index (χ4n) is 4.18. The molecule has 0 aliphatic carbocycles. The second-order valence-corrected chi connectivity index (χ2v) is 11.0. The summed E-state index contributed by atoms with van der Waals surface area (Å²) in [7, 11) is 0. The highest BCUT2D eigenvalue weighted by atomic mass is 79.9. The van der Waals surface area contributed by atoms with Crippen LogP contribution < -0.4 is 22.2 Å². The molecular formula is C28H19BrN2O4S2. The van der Waals surface area contributed by atoms with Gasteiger partial charge in [-0.15, -0.1) is 35.8 Å². The van der Waals surface area contributed by atoms with Gasteiger partial charge in [0.25, 0.3) is 22.2 Å². The van der Waals surface area contributed by atoms with E-state index in [4.69, 9.17) is 0 Å². The lowest BCUT2D eigenvalue weighted by Crippen LogP contribution is -2.24. The van der Waals surface area contributed by atoms with E-state index in [2.05, 4.69) is 83.7 Å². The third-order valence-electron chi connectivity index (χ3n) is 5.91. The molecule has 3 aromatic heterocycles. The van der Waals surface area contributed by atoms with Crippen LogP contribution in [0, 0.1) is 0 Å². The van der Waals surface area contributed by atoms with Crippen LogP contribution in [0.2, 0.25) is 0 Å². The van der Waals surface area contributed by atoms with Gasteiger partial charge in [0.1, 0.15) is 18.8 Å². The number of benzene rings is 3. The number of hydrogen-bond donors (Lipinski definition) is 0. The van der Waals surface area contributed by atoms with Crippen molar-refractivity contribution >= 4 is 78.9 Å². The van der Waals surface area contributed by atoms with Crippen LogP contribution in [0.3, 0.4) is 0 Å². The van der Waals surface area contributed by atoms with Gasteiger partial charge in [0.15, 0.2) is 0 Å². The Hall–Kier alpha value is -3.66. The van der Waals surface area contributed by atoms with Crippen LogP contribution in [0.15, 0.2) is 104 Å². The molecule has 37 heavy (non-hydrogen) atoms. The Labute approximate surface area is 226 Å². The van der Waals surface area contributed by atoms with Crippen LogP contribution in [0.25, 0.3) is 40.3 Å². The Bertz CT molecular complexity index is 1870. The first-order valence-electron chi connectivity index (χ1n) is 11.2. The molecule has 0 N–H and O–H groups in total. The molecule has 6 nitrogen and oxygen atoms in total. The van der Waals surface area contributed by atoms with Gasteiger partial charge in [0, 0.05) is 17.6 Å². The topological polar surface area (TPSA) is 78.1 Å². The van der Waals surface area contributed by atoms with E-state index in [1.54, 1.807) is 0 Å². The Morgan fingerprint density at radius 3 is 1.35 bits per heavy atom. The summed E-state index contributed by atoms with van der Waals surface area (Å²) < 4.78 is 4.12. The quantitative estimate of drug-likeness (QED) is 0.194. The number of hydrogen-bond acceptors (Lipinski definition) is 6. The standard InChI is InChI=1S/C14H9Br.C14H10N2O4S2/c15-14-12-7-3-1-5-10(12)9-11-6-2-4-8-13(11)14;1-3-5-15-11(17)7-8(12(15)18)22-10-9(21-7)13(19)16(6-4-2)14(10)20/h1-9H;3-4H,1-2,5-6H2. The molecule has 0 saturated carbocycles. The largest absolute Gasteiger partial charge is 0.272 e. The van der Waals surface area contributed by atoms with Crippen LogP contribution in [0.5, 0.6) is 0 Å². The normalized spacial score (nSPS) is 11.2. The Kier molecular flexibility index (Phi) is 6.76.